The highest BCUT2D eigenvalue weighted by atomic mass is 15.3. The van der Waals surface area contributed by atoms with Crippen molar-refractivity contribution in [3.8, 4) is 0 Å². The average Bonchev–Trinajstić information content (AvgIpc) is 2.69. The standard InChI is InChI=1S/C14H28N4/c1-5-7-8-12(6-2)9-14(16-15)13-10-18(4)17-11(13)3/h10,12,14,16H,5-9,15H2,1-4H3. The van der Waals surface area contributed by atoms with Crippen LogP contribution in [0.4, 0.5) is 0 Å². The van der Waals surface area contributed by atoms with E-state index in [1.165, 1.54) is 31.2 Å². The molecule has 0 aromatic carbocycles. The minimum Gasteiger partial charge on any atom is -0.275 e. The van der Waals surface area contributed by atoms with E-state index >= 15 is 0 Å². The summed E-state index contributed by atoms with van der Waals surface area (Å²) in [6.45, 7) is 6.56. The summed E-state index contributed by atoms with van der Waals surface area (Å²) in [5.41, 5.74) is 5.27. The van der Waals surface area contributed by atoms with Crippen LogP contribution in [0.25, 0.3) is 0 Å². The number of nitrogens with one attached hydrogen (secondary N) is 1. The van der Waals surface area contributed by atoms with E-state index in [2.05, 4.69) is 30.6 Å². The van der Waals surface area contributed by atoms with Crippen molar-refractivity contribution in [2.24, 2.45) is 18.8 Å². The third-order valence-corrected chi connectivity index (χ3v) is 3.74. The minimum absolute atomic E-state index is 0.223. The van der Waals surface area contributed by atoms with Crippen molar-refractivity contribution in [1.82, 2.24) is 15.2 Å². The molecule has 1 heterocycles. The zero-order valence-electron chi connectivity index (χ0n) is 12.2. The van der Waals surface area contributed by atoms with E-state index in [0.717, 1.165) is 18.0 Å². The zero-order chi connectivity index (χ0) is 13.5. The lowest BCUT2D eigenvalue weighted by molar-refractivity contribution is 0.355. The first-order valence-corrected chi connectivity index (χ1v) is 7.08. The van der Waals surface area contributed by atoms with Gasteiger partial charge in [0, 0.05) is 24.8 Å². The number of unbranched alkanes of at least 4 members (excludes halogenated alkanes) is 1. The molecule has 0 radical (unpaired) electrons. The van der Waals surface area contributed by atoms with Crippen LogP contribution in [0.3, 0.4) is 0 Å². The number of nitrogens with zero attached hydrogens (tertiary/aromatic N) is 2. The van der Waals surface area contributed by atoms with Gasteiger partial charge in [-0.1, -0.05) is 39.5 Å². The van der Waals surface area contributed by atoms with Gasteiger partial charge in [0.2, 0.25) is 0 Å². The van der Waals surface area contributed by atoms with Crippen LogP contribution in [-0.4, -0.2) is 9.78 Å². The first kappa shape index (κ1) is 15.2. The minimum atomic E-state index is 0.223. The summed E-state index contributed by atoms with van der Waals surface area (Å²) in [5.74, 6) is 6.47. The van der Waals surface area contributed by atoms with Crippen molar-refractivity contribution < 1.29 is 0 Å². The molecule has 0 aliphatic carbocycles. The lowest BCUT2D eigenvalue weighted by atomic mass is 9.89. The van der Waals surface area contributed by atoms with E-state index in [-0.39, 0.29) is 6.04 Å². The highest BCUT2D eigenvalue weighted by Gasteiger charge is 2.19. The fraction of sp³-hybridized carbons (Fsp3) is 0.786. The van der Waals surface area contributed by atoms with Crippen LogP contribution in [0.2, 0.25) is 0 Å². The summed E-state index contributed by atoms with van der Waals surface area (Å²) in [4.78, 5) is 0. The largest absolute Gasteiger partial charge is 0.275 e. The van der Waals surface area contributed by atoms with Crippen LogP contribution in [0.15, 0.2) is 6.20 Å². The maximum absolute atomic E-state index is 5.73. The Bertz CT molecular complexity index is 346. The summed E-state index contributed by atoms with van der Waals surface area (Å²) >= 11 is 0. The highest BCUT2D eigenvalue weighted by Crippen LogP contribution is 2.27. The van der Waals surface area contributed by atoms with Crippen LogP contribution < -0.4 is 11.3 Å². The summed E-state index contributed by atoms with van der Waals surface area (Å²) in [6, 6.07) is 0.223. The Balaban J connectivity index is 2.68. The van der Waals surface area contributed by atoms with Gasteiger partial charge in [0.05, 0.1) is 5.69 Å². The monoisotopic (exact) mass is 252 g/mol. The molecule has 2 atom stereocenters. The van der Waals surface area contributed by atoms with Crippen LogP contribution in [0.1, 0.15) is 63.3 Å². The molecule has 0 amide bonds. The number of aryl methyl sites for hydroxylation is 2. The molecule has 0 saturated carbocycles. The van der Waals surface area contributed by atoms with Gasteiger partial charge in [0.15, 0.2) is 0 Å². The number of hydrazine groups is 1. The van der Waals surface area contributed by atoms with Gasteiger partial charge in [-0.05, 0) is 19.3 Å². The van der Waals surface area contributed by atoms with Crippen molar-refractivity contribution in [1.29, 1.82) is 0 Å². The Morgan fingerprint density at radius 2 is 2.17 bits per heavy atom. The zero-order valence-corrected chi connectivity index (χ0v) is 12.2. The first-order valence-electron chi connectivity index (χ1n) is 7.08. The molecule has 18 heavy (non-hydrogen) atoms. The molecule has 2 unspecified atom stereocenters. The van der Waals surface area contributed by atoms with Gasteiger partial charge in [-0.15, -0.1) is 0 Å². The molecule has 0 fully saturated rings. The van der Waals surface area contributed by atoms with Gasteiger partial charge in [-0.25, -0.2) is 0 Å². The Morgan fingerprint density at radius 3 is 2.61 bits per heavy atom. The van der Waals surface area contributed by atoms with E-state index in [1.807, 2.05) is 18.7 Å². The molecule has 1 aromatic heterocycles. The third-order valence-electron chi connectivity index (χ3n) is 3.74. The smallest absolute Gasteiger partial charge is 0.0641 e. The lowest BCUT2D eigenvalue weighted by Crippen LogP contribution is -2.30. The fourth-order valence-electron chi connectivity index (χ4n) is 2.56. The van der Waals surface area contributed by atoms with E-state index in [9.17, 15) is 0 Å². The molecular weight excluding hydrogens is 224 g/mol. The molecular formula is C14H28N4. The molecule has 0 aliphatic heterocycles. The van der Waals surface area contributed by atoms with E-state index in [1.54, 1.807) is 0 Å². The molecule has 3 N–H and O–H groups in total. The molecule has 0 bridgehead atoms. The average molecular weight is 252 g/mol. The van der Waals surface area contributed by atoms with Gasteiger partial charge in [-0.3, -0.25) is 16.0 Å². The third kappa shape index (κ3) is 4.10. The lowest BCUT2D eigenvalue weighted by Gasteiger charge is -2.22. The van der Waals surface area contributed by atoms with Crippen LogP contribution >= 0.6 is 0 Å². The predicted molar refractivity (Wildman–Crippen MR) is 75.9 cm³/mol. The first-order chi connectivity index (χ1) is 8.62. The van der Waals surface area contributed by atoms with Crippen molar-refractivity contribution >= 4 is 0 Å². The maximum Gasteiger partial charge on any atom is 0.0641 e. The van der Waals surface area contributed by atoms with Gasteiger partial charge < -0.3 is 0 Å². The number of rotatable bonds is 8. The number of hydrogen-bond acceptors (Lipinski definition) is 3. The summed E-state index contributed by atoms with van der Waals surface area (Å²) < 4.78 is 1.86. The molecule has 0 saturated heterocycles. The summed E-state index contributed by atoms with van der Waals surface area (Å²) in [7, 11) is 1.96. The van der Waals surface area contributed by atoms with Gasteiger partial charge in [0.1, 0.15) is 0 Å². The Labute approximate surface area is 111 Å². The van der Waals surface area contributed by atoms with Crippen LogP contribution in [0, 0.1) is 12.8 Å². The summed E-state index contributed by atoms with van der Waals surface area (Å²) in [6.07, 6.45) is 8.26. The number of hydrogen-bond donors (Lipinski definition) is 2. The van der Waals surface area contributed by atoms with Gasteiger partial charge in [0.25, 0.3) is 0 Å². The highest BCUT2D eigenvalue weighted by molar-refractivity contribution is 5.19. The molecule has 1 aromatic rings. The van der Waals surface area contributed by atoms with Crippen molar-refractivity contribution in [2.75, 3.05) is 0 Å². The van der Waals surface area contributed by atoms with E-state index in [4.69, 9.17) is 5.84 Å². The number of nitrogens with two attached hydrogens (primary N) is 1. The topological polar surface area (TPSA) is 55.9 Å². The van der Waals surface area contributed by atoms with E-state index < -0.39 is 0 Å². The molecule has 4 nitrogen and oxygen atoms in total. The molecule has 104 valence electrons. The molecule has 0 aliphatic rings. The molecule has 4 heteroatoms. The summed E-state index contributed by atoms with van der Waals surface area (Å²) in [5, 5.41) is 4.40. The predicted octanol–water partition coefficient (Wildman–Crippen LogP) is 2.84. The second kappa shape index (κ2) is 7.54. The SMILES string of the molecule is CCCCC(CC)CC(NN)c1cn(C)nc1C. The van der Waals surface area contributed by atoms with Crippen molar-refractivity contribution in [3.63, 3.8) is 0 Å². The number of aromatic nitrogens is 2. The van der Waals surface area contributed by atoms with Crippen LogP contribution in [0.5, 0.6) is 0 Å². The maximum atomic E-state index is 5.73. The Morgan fingerprint density at radius 1 is 1.44 bits per heavy atom. The van der Waals surface area contributed by atoms with E-state index in [0.29, 0.717) is 0 Å². The van der Waals surface area contributed by atoms with Crippen molar-refractivity contribution in [2.45, 2.75) is 58.9 Å². The molecule has 0 spiro atoms. The normalized spacial score (nSPS) is 14.7. The van der Waals surface area contributed by atoms with Crippen molar-refractivity contribution in [3.05, 3.63) is 17.5 Å². The second-order valence-electron chi connectivity index (χ2n) is 5.21. The van der Waals surface area contributed by atoms with Crippen LogP contribution in [-0.2, 0) is 7.05 Å². The Kier molecular flexibility index (Phi) is 6.36. The molecule has 1 rings (SSSR count). The van der Waals surface area contributed by atoms with Gasteiger partial charge >= 0.3 is 0 Å². The fourth-order valence-corrected chi connectivity index (χ4v) is 2.56. The second-order valence-corrected chi connectivity index (χ2v) is 5.21. The quantitative estimate of drug-likeness (QED) is 0.552. The van der Waals surface area contributed by atoms with Gasteiger partial charge in [-0.2, -0.15) is 5.10 Å². The Hall–Kier alpha value is -0.870.